The van der Waals surface area contributed by atoms with Crippen molar-refractivity contribution in [3.8, 4) is 11.5 Å². The minimum atomic E-state index is -0.363. The lowest BCUT2D eigenvalue weighted by Gasteiger charge is -2.02. The monoisotopic (exact) mass is 227 g/mol. The predicted octanol–water partition coefficient (Wildman–Crippen LogP) is 3.94. The molecule has 3 rings (SSSR count). The predicted molar refractivity (Wildman–Crippen MR) is 64.1 cm³/mol. The van der Waals surface area contributed by atoms with Crippen LogP contribution in [0.4, 0.5) is 4.39 Å². The van der Waals surface area contributed by atoms with Crippen molar-refractivity contribution < 1.29 is 8.81 Å². The zero-order valence-electron chi connectivity index (χ0n) is 9.27. The van der Waals surface area contributed by atoms with Gasteiger partial charge in [0.1, 0.15) is 11.5 Å². The van der Waals surface area contributed by atoms with Crippen LogP contribution in [0.25, 0.3) is 22.4 Å². The van der Waals surface area contributed by atoms with Gasteiger partial charge in [-0.1, -0.05) is 18.2 Å². The van der Waals surface area contributed by atoms with Crippen LogP contribution in [0, 0.1) is 12.7 Å². The standard InChI is InChI=1S/C14H10FNO/c1-9-6-7-13(17-9)14-11(15)8-10-4-2-3-5-12(10)16-14/h2-8H,1H3. The molecule has 0 spiro atoms. The molecule has 3 heteroatoms. The number of fused-ring (bicyclic) bond motifs is 1. The number of para-hydroxylation sites is 1. The molecule has 3 aromatic rings. The largest absolute Gasteiger partial charge is 0.460 e. The van der Waals surface area contributed by atoms with E-state index in [9.17, 15) is 4.39 Å². The number of aromatic nitrogens is 1. The van der Waals surface area contributed by atoms with Crippen molar-refractivity contribution in [1.82, 2.24) is 4.98 Å². The summed E-state index contributed by atoms with van der Waals surface area (Å²) < 4.78 is 19.3. The molecule has 0 fully saturated rings. The van der Waals surface area contributed by atoms with E-state index in [1.165, 1.54) is 6.07 Å². The zero-order valence-corrected chi connectivity index (χ0v) is 9.27. The molecular formula is C14H10FNO. The van der Waals surface area contributed by atoms with Crippen molar-refractivity contribution >= 4 is 10.9 Å². The van der Waals surface area contributed by atoms with Gasteiger partial charge < -0.3 is 4.42 Å². The van der Waals surface area contributed by atoms with Crippen LogP contribution < -0.4 is 0 Å². The second kappa shape index (κ2) is 3.70. The molecule has 0 amide bonds. The van der Waals surface area contributed by atoms with Crippen molar-refractivity contribution in [2.45, 2.75) is 6.92 Å². The van der Waals surface area contributed by atoms with E-state index in [1.54, 1.807) is 12.1 Å². The first-order chi connectivity index (χ1) is 8.24. The van der Waals surface area contributed by atoms with Gasteiger partial charge in [-0.05, 0) is 31.2 Å². The van der Waals surface area contributed by atoms with E-state index in [1.807, 2.05) is 31.2 Å². The van der Waals surface area contributed by atoms with Gasteiger partial charge in [0, 0.05) is 5.39 Å². The lowest BCUT2D eigenvalue weighted by molar-refractivity contribution is 0.538. The first kappa shape index (κ1) is 10.0. The van der Waals surface area contributed by atoms with Crippen LogP contribution in [0.3, 0.4) is 0 Å². The Labute approximate surface area is 97.7 Å². The second-order valence-corrected chi connectivity index (χ2v) is 3.92. The average molecular weight is 227 g/mol. The summed E-state index contributed by atoms with van der Waals surface area (Å²) in [5, 5.41) is 0.789. The molecule has 0 saturated heterocycles. The van der Waals surface area contributed by atoms with Crippen LogP contribution in [0.15, 0.2) is 46.9 Å². The second-order valence-electron chi connectivity index (χ2n) is 3.92. The van der Waals surface area contributed by atoms with Crippen LogP contribution in [0.1, 0.15) is 5.76 Å². The molecule has 0 saturated carbocycles. The summed E-state index contributed by atoms with van der Waals surface area (Å²) in [4.78, 5) is 4.29. The Balaban J connectivity index is 2.26. The number of hydrogen-bond donors (Lipinski definition) is 0. The van der Waals surface area contributed by atoms with E-state index in [0.717, 1.165) is 16.7 Å². The normalized spacial score (nSPS) is 10.9. The van der Waals surface area contributed by atoms with Gasteiger partial charge in [-0.25, -0.2) is 9.37 Å². The number of halogens is 1. The lowest BCUT2D eigenvalue weighted by Crippen LogP contribution is -1.89. The molecule has 0 atom stereocenters. The molecule has 0 aliphatic rings. The lowest BCUT2D eigenvalue weighted by atomic mass is 10.2. The number of benzene rings is 1. The molecule has 1 aromatic carbocycles. The Morgan fingerprint density at radius 1 is 1.12 bits per heavy atom. The molecule has 0 radical (unpaired) electrons. The van der Waals surface area contributed by atoms with Gasteiger partial charge in [0.25, 0.3) is 0 Å². The van der Waals surface area contributed by atoms with Crippen LogP contribution in [0.2, 0.25) is 0 Å². The smallest absolute Gasteiger partial charge is 0.155 e. The zero-order chi connectivity index (χ0) is 11.8. The third kappa shape index (κ3) is 1.69. The summed E-state index contributed by atoms with van der Waals surface area (Å²) in [6, 6.07) is 12.4. The van der Waals surface area contributed by atoms with E-state index in [2.05, 4.69) is 4.98 Å². The van der Waals surface area contributed by atoms with E-state index < -0.39 is 0 Å². The summed E-state index contributed by atoms with van der Waals surface area (Å²) >= 11 is 0. The summed E-state index contributed by atoms with van der Waals surface area (Å²) in [5.41, 5.74) is 1.02. The fourth-order valence-electron chi connectivity index (χ4n) is 1.82. The quantitative estimate of drug-likeness (QED) is 0.629. The van der Waals surface area contributed by atoms with Gasteiger partial charge >= 0.3 is 0 Å². The minimum Gasteiger partial charge on any atom is -0.460 e. The third-order valence-electron chi connectivity index (χ3n) is 2.65. The first-order valence-corrected chi connectivity index (χ1v) is 5.36. The molecule has 2 aromatic heterocycles. The van der Waals surface area contributed by atoms with Crippen molar-refractivity contribution in [3.63, 3.8) is 0 Å². The highest BCUT2D eigenvalue weighted by Gasteiger charge is 2.11. The fourth-order valence-corrected chi connectivity index (χ4v) is 1.82. The van der Waals surface area contributed by atoms with Gasteiger partial charge in [0.2, 0.25) is 0 Å². The highest BCUT2D eigenvalue weighted by atomic mass is 19.1. The average Bonchev–Trinajstić information content (AvgIpc) is 2.75. The van der Waals surface area contributed by atoms with Crippen molar-refractivity contribution in [1.29, 1.82) is 0 Å². The van der Waals surface area contributed by atoms with E-state index in [-0.39, 0.29) is 11.5 Å². The van der Waals surface area contributed by atoms with Crippen molar-refractivity contribution in [3.05, 3.63) is 54.0 Å². The molecule has 0 aliphatic carbocycles. The first-order valence-electron chi connectivity index (χ1n) is 5.36. The molecule has 17 heavy (non-hydrogen) atoms. The summed E-state index contributed by atoms with van der Waals surface area (Å²) in [7, 11) is 0. The van der Waals surface area contributed by atoms with Gasteiger partial charge in [0.15, 0.2) is 11.6 Å². The van der Waals surface area contributed by atoms with Crippen LogP contribution in [-0.2, 0) is 0 Å². The molecule has 84 valence electrons. The maximum absolute atomic E-state index is 13.9. The molecular weight excluding hydrogens is 217 g/mol. The van der Waals surface area contributed by atoms with E-state index >= 15 is 0 Å². The SMILES string of the molecule is Cc1ccc(-c2nc3ccccc3cc2F)o1. The summed E-state index contributed by atoms with van der Waals surface area (Å²) in [6.45, 7) is 1.82. The van der Waals surface area contributed by atoms with Gasteiger partial charge in [-0.2, -0.15) is 0 Å². The van der Waals surface area contributed by atoms with Gasteiger partial charge in [0.05, 0.1) is 5.52 Å². The molecule has 0 N–H and O–H groups in total. The van der Waals surface area contributed by atoms with Crippen molar-refractivity contribution in [2.24, 2.45) is 0 Å². The third-order valence-corrected chi connectivity index (χ3v) is 2.65. The number of rotatable bonds is 1. The Kier molecular flexibility index (Phi) is 2.18. The summed E-state index contributed by atoms with van der Waals surface area (Å²) in [6.07, 6.45) is 0. The maximum atomic E-state index is 13.9. The van der Waals surface area contributed by atoms with Gasteiger partial charge in [-0.3, -0.25) is 0 Å². The number of hydrogen-bond acceptors (Lipinski definition) is 2. The van der Waals surface area contributed by atoms with E-state index in [4.69, 9.17) is 4.42 Å². The highest BCUT2D eigenvalue weighted by Crippen LogP contribution is 2.25. The molecule has 0 bridgehead atoms. The van der Waals surface area contributed by atoms with Crippen LogP contribution in [-0.4, -0.2) is 4.98 Å². The Morgan fingerprint density at radius 3 is 2.71 bits per heavy atom. The maximum Gasteiger partial charge on any atom is 0.155 e. The molecule has 0 aliphatic heterocycles. The topological polar surface area (TPSA) is 26.0 Å². The fraction of sp³-hybridized carbons (Fsp3) is 0.0714. The Bertz CT molecular complexity index is 688. The Hall–Kier alpha value is -2.16. The summed E-state index contributed by atoms with van der Waals surface area (Å²) in [5.74, 6) is 0.846. The highest BCUT2D eigenvalue weighted by molar-refractivity contribution is 5.81. The minimum absolute atomic E-state index is 0.261. The molecule has 2 heterocycles. The van der Waals surface area contributed by atoms with E-state index in [0.29, 0.717) is 5.76 Å². The van der Waals surface area contributed by atoms with Crippen LogP contribution in [0.5, 0.6) is 0 Å². The number of pyridine rings is 1. The van der Waals surface area contributed by atoms with Crippen molar-refractivity contribution in [2.75, 3.05) is 0 Å². The molecule has 0 unspecified atom stereocenters. The number of nitrogens with zero attached hydrogens (tertiary/aromatic N) is 1. The number of aryl methyl sites for hydroxylation is 1. The Morgan fingerprint density at radius 2 is 1.94 bits per heavy atom. The molecule has 2 nitrogen and oxygen atoms in total. The van der Waals surface area contributed by atoms with Gasteiger partial charge in [-0.15, -0.1) is 0 Å². The van der Waals surface area contributed by atoms with Crippen LogP contribution >= 0.6 is 0 Å². The number of furan rings is 1.